The molecule has 2 aromatic rings. The Morgan fingerprint density at radius 1 is 0.903 bits per heavy atom. The Kier molecular flexibility index (Phi) is 7.34. The van der Waals surface area contributed by atoms with E-state index in [0.29, 0.717) is 28.9 Å². The molecule has 1 aliphatic carbocycles. The Bertz CT molecular complexity index is 834. The van der Waals surface area contributed by atoms with E-state index >= 15 is 0 Å². The fourth-order valence-corrected chi connectivity index (χ4v) is 4.28. The smallest absolute Gasteiger partial charge is 0.203 e. The molecule has 3 rings (SSSR count). The minimum atomic E-state index is -0.285. The molecule has 2 N–H and O–H groups in total. The molecule has 0 spiro atoms. The van der Waals surface area contributed by atoms with Crippen LogP contribution in [0.1, 0.15) is 39.2 Å². The van der Waals surface area contributed by atoms with Gasteiger partial charge in [0.1, 0.15) is 11.5 Å². The summed E-state index contributed by atoms with van der Waals surface area (Å²) in [7, 11) is 4.74. The standard InChI is InChI=1S/C25H35NO5/c1-25(2,3)26-20-12-17(13-21(20)27)11-16-7-9-18(10-8-16)31-19-14-22(28-4)24(30-6)23(15-19)29-5/h7-10,14-15,17,20-21,26-27H,11-13H2,1-6H3/t17-,20-,21-/m0/s1. The number of hydrogen-bond donors (Lipinski definition) is 2. The molecule has 31 heavy (non-hydrogen) atoms. The highest BCUT2D eigenvalue weighted by Gasteiger charge is 2.34. The van der Waals surface area contributed by atoms with Crippen molar-refractivity contribution < 1.29 is 24.1 Å². The zero-order valence-corrected chi connectivity index (χ0v) is 19.4. The summed E-state index contributed by atoms with van der Waals surface area (Å²) in [6, 6.07) is 11.8. The van der Waals surface area contributed by atoms with Gasteiger partial charge in [0.2, 0.25) is 5.75 Å². The molecular formula is C25H35NO5. The largest absolute Gasteiger partial charge is 0.493 e. The molecule has 0 heterocycles. The van der Waals surface area contributed by atoms with Crippen molar-refractivity contribution in [3.05, 3.63) is 42.0 Å². The van der Waals surface area contributed by atoms with E-state index in [0.717, 1.165) is 25.0 Å². The molecule has 1 aliphatic rings. The summed E-state index contributed by atoms with van der Waals surface area (Å²) in [6.07, 6.45) is 2.48. The Balaban J connectivity index is 1.64. The van der Waals surface area contributed by atoms with E-state index in [-0.39, 0.29) is 17.7 Å². The Morgan fingerprint density at radius 3 is 2.03 bits per heavy atom. The first-order chi connectivity index (χ1) is 14.7. The Morgan fingerprint density at radius 2 is 1.52 bits per heavy atom. The summed E-state index contributed by atoms with van der Waals surface area (Å²) >= 11 is 0. The second-order valence-corrected chi connectivity index (χ2v) is 9.22. The van der Waals surface area contributed by atoms with Gasteiger partial charge in [-0.25, -0.2) is 0 Å². The number of aliphatic hydroxyl groups is 1. The van der Waals surface area contributed by atoms with Crippen LogP contribution in [0.15, 0.2) is 36.4 Å². The lowest BCUT2D eigenvalue weighted by Gasteiger charge is -2.27. The maximum Gasteiger partial charge on any atom is 0.203 e. The van der Waals surface area contributed by atoms with Gasteiger partial charge in [-0.2, -0.15) is 0 Å². The maximum atomic E-state index is 10.4. The van der Waals surface area contributed by atoms with Gasteiger partial charge >= 0.3 is 0 Å². The van der Waals surface area contributed by atoms with Crippen molar-refractivity contribution >= 4 is 0 Å². The van der Waals surface area contributed by atoms with Crippen LogP contribution in [0.5, 0.6) is 28.7 Å². The number of ether oxygens (including phenoxy) is 4. The molecule has 6 nitrogen and oxygen atoms in total. The first kappa shape index (κ1) is 23.2. The number of nitrogens with one attached hydrogen (secondary N) is 1. The first-order valence-corrected chi connectivity index (χ1v) is 10.7. The number of benzene rings is 2. The van der Waals surface area contributed by atoms with Crippen LogP contribution in [-0.4, -0.2) is 44.1 Å². The van der Waals surface area contributed by atoms with Crippen LogP contribution in [0.2, 0.25) is 0 Å². The van der Waals surface area contributed by atoms with Crippen LogP contribution < -0.4 is 24.3 Å². The first-order valence-electron chi connectivity index (χ1n) is 10.7. The second-order valence-electron chi connectivity index (χ2n) is 9.22. The van der Waals surface area contributed by atoms with E-state index < -0.39 is 0 Å². The van der Waals surface area contributed by atoms with Gasteiger partial charge in [-0.15, -0.1) is 0 Å². The van der Waals surface area contributed by atoms with Gasteiger partial charge in [-0.05, 0) is 63.6 Å². The van der Waals surface area contributed by atoms with Gasteiger partial charge in [0.15, 0.2) is 11.5 Å². The lowest BCUT2D eigenvalue weighted by atomic mass is 9.97. The van der Waals surface area contributed by atoms with Crippen LogP contribution in [0.25, 0.3) is 0 Å². The van der Waals surface area contributed by atoms with Crippen molar-refractivity contribution in [2.75, 3.05) is 21.3 Å². The van der Waals surface area contributed by atoms with Gasteiger partial charge in [0.25, 0.3) is 0 Å². The molecule has 0 bridgehead atoms. The molecule has 2 aromatic carbocycles. The number of rotatable bonds is 8. The van der Waals surface area contributed by atoms with E-state index in [2.05, 4.69) is 38.2 Å². The molecule has 0 aliphatic heterocycles. The van der Waals surface area contributed by atoms with Gasteiger partial charge in [-0.3, -0.25) is 0 Å². The molecule has 0 saturated heterocycles. The van der Waals surface area contributed by atoms with Crippen LogP contribution in [0.4, 0.5) is 0 Å². The van der Waals surface area contributed by atoms with Gasteiger partial charge < -0.3 is 29.4 Å². The average Bonchev–Trinajstić information content (AvgIpc) is 3.05. The highest BCUT2D eigenvalue weighted by Crippen LogP contribution is 2.42. The summed E-state index contributed by atoms with van der Waals surface area (Å²) in [6.45, 7) is 6.42. The summed E-state index contributed by atoms with van der Waals surface area (Å²) in [5, 5.41) is 14.0. The predicted molar refractivity (Wildman–Crippen MR) is 122 cm³/mol. The van der Waals surface area contributed by atoms with Crippen molar-refractivity contribution in [2.24, 2.45) is 5.92 Å². The van der Waals surface area contributed by atoms with Crippen molar-refractivity contribution in [3.63, 3.8) is 0 Å². The second kappa shape index (κ2) is 9.79. The van der Waals surface area contributed by atoms with Crippen molar-refractivity contribution in [2.45, 2.75) is 57.7 Å². The van der Waals surface area contributed by atoms with Crippen molar-refractivity contribution in [1.29, 1.82) is 0 Å². The molecule has 0 radical (unpaired) electrons. The van der Waals surface area contributed by atoms with Crippen molar-refractivity contribution in [1.82, 2.24) is 5.32 Å². The zero-order chi connectivity index (χ0) is 22.6. The molecule has 0 aromatic heterocycles. The van der Waals surface area contributed by atoms with Crippen molar-refractivity contribution in [3.8, 4) is 28.7 Å². The van der Waals surface area contributed by atoms with E-state index in [1.807, 2.05) is 12.1 Å². The third-order valence-electron chi connectivity index (χ3n) is 5.57. The summed E-state index contributed by atoms with van der Waals surface area (Å²) in [5.74, 6) is 3.44. The van der Waals surface area contributed by atoms with Crippen LogP contribution in [0, 0.1) is 5.92 Å². The van der Waals surface area contributed by atoms with E-state index in [1.165, 1.54) is 5.56 Å². The van der Waals surface area contributed by atoms with Gasteiger partial charge in [-0.1, -0.05) is 12.1 Å². The fraction of sp³-hybridized carbons (Fsp3) is 0.520. The minimum absolute atomic E-state index is 0.00629. The topological polar surface area (TPSA) is 69.2 Å². The molecule has 0 unspecified atom stereocenters. The molecule has 6 heteroatoms. The van der Waals surface area contributed by atoms with E-state index in [1.54, 1.807) is 33.5 Å². The number of aliphatic hydroxyl groups excluding tert-OH is 1. The predicted octanol–water partition coefficient (Wildman–Crippen LogP) is 4.57. The average molecular weight is 430 g/mol. The molecule has 1 fully saturated rings. The lowest BCUT2D eigenvalue weighted by Crippen LogP contribution is -2.47. The Hall–Kier alpha value is -2.44. The SMILES string of the molecule is COc1cc(Oc2ccc(C[C@H]3C[C@H](NC(C)(C)C)[C@@H](O)C3)cc2)cc(OC)c1OC. The zero-order valence-electron chi connectivity index (χ0n) is 19.4. The third kappa shape index (κ3) is 6.05. The molecule has 0 amide bonds. The molecular weight excluding hydrogens is 394 g/mol. The normalized spacial score (nSPS) is 21.1. The fourth-order valence-electron chi connectivity index (χ4n) is 4.28. The molecule has 170 valence electrons. The van der Waals surface area contributed by atoms with Gasteiger partial charge in [0.05, 0.1) is 27.4 Å². The van der Waals surface area contributed by atoms with E-state index in [4.69, 9.17) is 18.9 Å². The maximum absolute atomic E-state index is 10.4. The number of hydrogen-bond acceptors (Lipinski definition) is 6. The lowest BCUT2D eigenvalue weighted by molar-refractivity contribution is 0.133. The Labute approximate surface area is 185 Å². The third-order valence-corrected chi connectivity index (χ3v) is 5.57. The van der Waals surface area contributed by atoms with Gasteiger partial charge in [0, 0.05) is 23.7 Å². The number of methoxy groups -OCH3 is 3. The summed E-state index contributed by atoms with van der Waals surface area (Å²) < 4.78 is 22.1. The van der Waals surface area contributed by atoms with E-state index in [9.17, 15) is 5.11 Å². The van der Waals surface area contributed by atoms with Crippen LogP contribution in [0.3, 0.4) is 0 Å². The highest BCUT2D eigenvalue weighted by atomic mass is 16.5. The van der Waals surface area contributed by atoms with Crippen LogP contribution in [-0.2, 0) is 6.42 Å². The van der Waals surface area contributed by atoms with Crippen LogP contribution >= 0.6 is 0 Å². The monoisotopic (exact) mass is 429 g/mol. The molecule has 1 saturated carbocycles. The summed E-state index contributed by atoms with van der Waals surface area (Å²) in [4.78, 5) is 0. The molecule has 3 atom stereocenters. The quantitative estimate of drug-likeness (QED) is 0.640. The minimum Gasteiger partial charge on any atom is -0.493 e. The highest BCUT2D eigenvalue weighted by molar-refractivity contribution is 5.56. The summed E-state index contributed by atoms with van der Waals surface area (Å²) in [5.41, 5.74) is 1.25.